The Morgan fingerprint density at radius 1 is 1.17 bits per heavy atom. The number of H-pyrrole nitrogens is 1. The summed E-state index contributed by atoms with van der Waals surface area (Å²) in [5.41, 5.74) is 0.250. The zero-order valence-electron chi connectivity index (χ0n) is 9.55. The van der Waals surface area contributed by atoms with E-state index in [0.717, 1.165) is 0 Å². The summed E-state index contributed by atoms with van der Waals surface area (Å²) in [6.45, 7) is 0.127. The molecule has 1 amide bonds. The first-order chi connectivity index (χ1) is 8.75. The summed E-state index contributed by atoms with van der Waals surface area (Å²) >= 11 is 0. The number of carbonyl (C=O) groups excluding carboxylic acids is 1. The van der Waals surface area contributed by atoms with Gasteiger partial charge in [0.25, 0.3) is 5.56 Å². The maximum Gasteiger partial charge on any atom is 0.412 e. The van der Waals surface area contributed by atoms with Crippen molar-refractivity contribution in [3.05, 3.63) is 64.6 Å². The summed E-state index contributed by atoms with van der Waals surface area (Å²) in [4.78, 5) is 25.3. The minimum Gasteiger partial charge on any atom is -0.410 e. The number of para-hydroxylation sites is 1. The van der Waals surface area contributed by atoms with E-state index in [1.165, 1.54) is 6.20 Å². The van der Waals surface area contributed by atoms with Crippen LogP contribution in [0.3, 0.4) is 0 Å². The molecule has 2 aromatic rings. The number of aromatic nitrogens is 1. The number of aromatic amines is 1. The molecule has 18 heavy (non-hydrogen) atoms. The number of amides is 1. The molecule has 0 spiro atoms. The molecular weight excluding hydrogens is 232 g/mol. The molecule has 1 aromatic heterocycles. The van der Waals surface area contributed by atoms with E-state index in [1.807, 2.05) is 6.07 Å². The molecule has 0 fully saturated rings. The molecule has 0 atom stereocenters. The lowest BCUT2D eigenvalue weighted by Gasteiger charge is -2.05. The van der Waals surface area contributed by atoms with Gasteiger partial charge in [0, 0.05) is 11.8 Å². The number of rotatable bonds is 3. The van der Waals surface area contributed by atoms with Crippen molar-refractivity contribution in [3.63, 3.8) is 0 Å². The Morgan fingerprint density at radius 2 is 1.94 bits per heavy atom. The lowest BCUT2D eigenvalue weighted by molar-refractivity contribution is 0.200. The molecule has 2 N–H and O–H groups in total. The Labute approximate surface area is 103 Å². The maximum atomic E-state index is 11.5. The van der Waals surface area contributed by atoms with E-state index in [2.05, 4.69) is 10.3 Å². The van der Waals surface area contributed by atoms with E-state index >= 15 is 0 Å². The minimum absolute atomic E-state index is 0.127. The summed E-state index contributed by atoms with van der Waals surface area (Å²) in [5.74, 6) is 0.456. The first-order valence-corrected chi connectivity index (χ1v) is 5.43. The van der Waals surface area contributed by atoms with Crippen LogP contribution < -0.4 is 15.6 Å². The van der Waals surface area contributed by atoms with Gasteiger partial charge in [0.05, 0.1) is 6.54 Å². The Bertz CT molecular complexity index is 578. The normalized spacial score (nSPS) is 9.78. The second-order valence-corrected chi connectivity index (χ2v) is 3.58. The van der Waals surface area contributed by atoms with Gasteiger partial charge in [0.15, 0.2) is 0 Å². The van der Waals surface area contributed by atoms with Crippen molar-refractivity contribution in [2.75, 3.05) is 0 Å². The van der Waals surface area contributed by atoms with Crippen molar-refractivity contribution in [1.82, 2.24) is 10.3 Å². The monoisotopic (exact) mass is 244 g/mol. The third kappa shape index (κ3) is 3.21. The van der Waals surface area contributed by atoms with Crippen molar-refractivity contribution < 1.29 is 9.53 Å². The first kappa shape index (κ1) is 11.9. The average Bonchev–Trinajstić information content (AvgIpc) is 2.39. The molecule has 1 heterocycles. The van der Waals surface area contributed by atoms with Crippen LogP contribution in [0.1, 0.15) is 5.56 Å². The first-order valence-electron chi connectivity index (χ1n) is 5.43. The van der Waals surface area contributed by atoms with Gasteiger partial charge < -0.3 is 15.0 Å². The highest BCUT2D eigenvalue weighted by molar-refractivity contribution is 5.70. The van der Waals surface area contributed by atoms with Crippen molar-refractivity contribution in [2.24, 2.45) is 0 Å². The summed E-state index contributed by atoms with van der Waals surface area (Å²) in [6.07, 6.45) is 0.943. The molecule has 0 saturated carbocycles. The smallest absolute Gasteiger partial charge is 0.410 e. The highest BCUT2D eigenvalue weighted by Gasteiger charge is 2.05. The van der Waals surface area contributed by atoms with Crippen molar-refractivity contribution >= 4 is 6.09 Å². The summed E-state index contributed by atoms with van der Waals surface area (Å²) in [5, 5.41) is 2.51. The molecule has 92 valence electrons. The fraction of sp³-hybridized carbons (Fsp3) is 0.0769. The number of hydrogen-bond donors (Lipinski definition) is 2. The van der Waals surface area contributed by atoms with E-state index < -0.39 is 6.09 Å². The van der Waals surface area contributed by atoms with Gasteiger partial charge in [-0.15, -0.1) is 0 Å². The summed E-state index contributed by atoms with van der Waals surface area (Å²) < 4.78 is 5.01. The fourth-order valence-electron chi connectivity index (χ4n) is 1.39. The predicted octanol–water partition coefficient (Wildman–Crippen LogP) is 1.66. The number of hydrogen-bond acceptors (Lipinski definition) is 3. The molecule has 0 radical (unpaired) electrons. The Balaban J connectivity index is 1.90. The van der Waals surface area contributed by atoms with Gasteiger partial charge >= 0.3 is 6.09 Å². The quantitative estimate of drug-likeness (QED) is 0.862. The maximum absolute atomic E-state index is 11.5. The van der Waals surface area contributed by atoms with Crippen LogP contribution >= 0.6 is 0 Å². The zero-order valence-corrected chi connectivity index (χ0v) is 9.55. The van der Waals surface area contributed by atoms with Crippen LogP contribution in [0, 0.1) is 0 Å². The van der Waals surface area contributed by atoms with Crippen LogP contribution in [0.15, 0.2) is 53.5 Å². The standard InChI is InChI=1S/C13H12N2O3/c16-12-10(5-4-8-14-12)9-15-13(17)18-11-6-2-1-3-7-11/h1-8H,9H2,(H,14,16)(H,15,17). The highest BCUT2D eigenvalue weighted by atomic mass is 16.6. The fourth-order valence-corrected chi connectivity index (χ4v) is 1.39. The lowest BCUT2D eigenvalue weighted by Crippen LogP contribution is -2.29. The van der Waals surface area contributed by atoms with Gasteiger partial charge in [0.1, 0.15) is 5.75 Å². The molecular formula is C13H12N2O3. The van der Waals surface area contributed by atoms with Gasteiger partial charge in [-0.3, -0.25) is 4.79 Å². The minimum atomic E-state index is -0.593. The second-order valence-electron chi connectivity index (χ2n) is 3.58. The van der Waals surface area contributed by atoms with Crippen molar-refractivity contribution in [1.29, 1.82) is 0 Å². The van der Waals surface area contributed by atoms with Crippen molar-refractivity contribution in [3.8, 4) is 5.75 Å². The number of pyridine rings is 1. The molecule has 0 unspecified atom stereocenters. The van der Waals surface area contributed by atoms with Crippen molar-refractivity contribution in [2.45, 2.75) is 6.54 Å². The van der Waals surface area contributed by atoms with Crippen LogP contribution in [0.25, 0.3) is 0 Å². The molecule has 1 aromatic carbocycles. The Hall–Kier alpha value is -2.56. The van der Waals surface area contributed by atoms with E-state index in [4.69, 9.17) is 4.74 Å². The van der Waals surface area contributed by atoms with Gasteiger partial charge in [0.2, 0.25) is 0 Å². The molecule has 0 aliphatic heterocycles. The molecule has 5 nitrogen and oxygen atoms in total. The van der Waals surface area contributed by atoms with Crippen LogP contribution in [-0.4, -0.2) is 11.1 Å². The molecule has 2 rings (SSSR count). The van der Waals surface area contributed by atoms with Gasteiger partial charge in [-0.2, -0.15) is 0 Å². The summed E-state index contributed by atoms with van der Waals surface area (Å²) in [7, 11) is 0. The van der Waals surface area contributed by atoms with E-state index in [0.29, 0.717) is 11.3 Å². The molecule has 5 heteroatoms. The van der Waals surface area contributed by atoms with Gasteiger partial charge in [-0.1, -0.05) is 24.3 Å². The molecule has 0 saturated heterocycles. The largest absolute Gasteiger partial charge is 0.412 e. The number of ether oxygens (including phenoxy) is 1. The van der Waals surface area contributed by atoms with E-state index in [9.17, 15) is 9.59 Å². The third-order valence-electron chi connectivity index (χ3n) is 2.28. The van der Waals surface area contributed by atoms with Crippen LogP contribution in [-0.2, 0) is 6.54 Å². The third-order valence-corrected chi connectivity index (χ3v) is 2.28. The topological polar surface area (TPSA) is 71.2 Å². The molecule has 0 bridgehead atoms. The van der Waals surface area contributed by atoms with Gasteiger partial charge in [-0.25, -0.2) is 4.79 Å². The SMILES string of the molecule is O=C(NCc1ccc[nH]c1=O)Oc1ccccc1. The molecule has 0 aliphatic carbocycles. The lowest BCUT2D eigenvalue weighted by atomic mass is 10.3. The zero-order chi connectivity index (χ0) is 12.8. The summed E-state index contributed by atoms with van der Waals surface area (Å²) in [6, 6.07) is 12.1. The average molecular weight is 244 g/mol. The second kappa shape index (κ2) is 5.67. The van der Waals surface area contributed by atoms with Crippen LogP contribution in [0.2, 0.25) is 0 Å². The van der Waals surface area contributed by atoms with Gasteiger partial charge in [-0.05, 0) is 18.2 Å². The number of carbonyl (C=O) groups is 1. The van der Waals surface area contributed by atoms with E-state index in [1.54, 1.807) is 36.4 Å². The predicted molar refractivity (Wildman–Crippen MR) is 66.4 cm³/mol. The Morgan fingerprint density at radius 3 is 2.67 bits per heavy atom. The van der Waals surface area contributed by atoms with Crippen LogP contribution in [0.4, 0.5) is 4.79 Å². The number of benzene rings is 1. The Kier molecular flexibility index (Phi) is 3.76. The van der Waals surface area contributed by atoms with Crippen LogP contribution in [0.5, 0.6) is 5.75 Å². The highest BCUT2D eigenvalue weighted by Crippen LogP contribution is 2.08. The number of nitrogens with one attached hydrogen (secondary N) is 2. The van der Waals surface area contributed by atoms with E-state index in [-0.39, 0.29) is 12.1 Å². The molecule has 0 aliphatic rings.